The minimum Gasteiger partial charge on any atom is -0.423 e. The van der Waals surface area contributed by atoms with Crippen LogP contribution in [-0.2, 0) is 6.54 Å². The fourth-order valence-corrected chi connectivity index (χ4v) is 2.79. The largest absolute Gasteiger partial charge is 0.423 e. The van der Waals surface area contributed by atoms with Crippen LogP contribution in [0.5, 0.6) is 5.75 Å². The van der Waals surface area contributed by atoms with Gasteiger partial charge in [0.05, 0.1) is 5.56 Å². The third-order valence-electron chi connectivity index (χ3n) is 4.33. The van der Waals surface area contributed by atoms with Crippen LogP contribution in [0.2, 0.25) is 0 Å². The summed E-state index contributed by atoms with van der Waals surface area (Å²) < 4.78 is 6.99. The summed E-state index contributed by atoms with van der Waals surface area (Å²) in [6.45, 7) is 0.415. The Hall–Kier alpha value is -4.26. The molecule has 0 saturated carbocycles. The van der Waals surface area contributed by atoms with Crippen molar-refractivity contribution in [1.82, 2.24) is 20.1 Å². The average molecular weight is 398 g/mol. The number of ether oxygens (including phenoxy) is 1. The molecular formula is C23H18N4O3. The van der Waals surface area contributed by atoms with Crippen molar-refractivity contribution < 1.29 is 14.3 Å². The van der Waals surface area contributed by atoms with Crippen molar-refractivity contribution >= 4 is 11.9 Å². The van der Waals surface area contributed by atoms with Gasteiger partial charge in [-0.2, -0.15) is 5.10 Å². The van der Waals surface area contributed by atoms with Gasteiger partial charge in [0.15, 0.2) is 5.82 Å². The Morgan fingerprint density at radius 1 is 0.933 bits per heavy atom. The molecule has 0 atom stereocenters. The van der Waals surface area contributed by atoms with Crippen molar-refractivity contribution in [2.45, 2.75) is 6.54 Å². The molecule has 0 unspecified atom stereocenters. The Bertz CT molecular complexity index is 1140. The highest BCUT2D eigenvalue weighted by molar-refractivity contribution is 5.95. The van der Waals surface area contributed by atoms with Gasteiger partial charge in [-0.1, -0.05) is 36.4 Å². The molecule has 0 aliphatic heterocycles. The van der Waals surface area contributed by atoms with Crippen LogP contribution in [0.15, 0.2) is 91.4 Å². The lowest BCUT2D eigenvalue weighted by atomic mass is 10.2. The van der Waals surface area contributed by atoms with Gasteiger partial charge in [0.2, 0.25) is 0 Å². The lowest BCUT2D eigenvalue weighted by Gasteiger charge is -2.08. The van der Waals surface area contributed by atoms with Gasteiger partial charge in [-0.15, -0.1) is 0 Å². The van der Waals surface area contributed by atoms with Gasteiger partial charge in [0.25, 0.3) is 5.91 Å². The van der Waals surface area contributed by atoms with E-state index in [0.29, 0.717) is 23.5 Å². The van der Waals surface area contributed by atoms with Crippen LogP contribution < -0.4 is 10.1 Å². The number of nitrogens with zero attached hydrogens (tertiary/aromatic N) is 3. The molecule has 0 bridgehead atoms. The van der Waals surface area contributed by atoms with Gasteiger partial charge < -0.3 is 10.1 Å². The Balaban J connectivity index is 1.40. The predicted octanol–water partition coefficient (Wildman–Crippen LogP) is 3.42. The fraction of sp³-hybridized carbons (Fsp3) is 0.0435. The van der Waals surface area contributed by atoms with Crippen molar-refractivity contribution in [2.24, 2.45) is 0 Å². The molecule has 7 nitrogen and oxygen atoms in total. The molecule has 0 aliphatic rings. The first-order valence-corrected chi connectivity index (χ1v) is 9.29. The number of aromatic nitrogens is 3. The Morgan fingerprint density at radius 3 is 2.53 bits per heavy atom. The molecule has 2 aromatic carbocycles. The van der Waals surface area contributed by atoms with E-state index in [9.17, 15) is 9.59 Å². The van der Waals surface area contributed by atoms with Crippen LogP contribution in [0.25, 0.3) is 5.82 Å². The molecule has 0 aliphatic carbocycles. The van der Waals surface area contributed by atoms with Gasteiger partial charge in [-0.25, -0.2) is 14.5 Å². The summed E-state index contributed by atoms with van der Waals surface area (Å²) in [6.07, 6.45) is 4.83. The summed E-state index contributed by atoms with van der Waals surface area (Å²) in [4.78, 5) is 29.0. The minimum absolute atomic E-state index is 0.248. The van der Waals surface area contributed by atoms with Crippen LogP contribution >= 0.6 is 0 Å². The Morgan fingerprint density at radius 2 is 1.80 bits per heavy atom. The maximum absolute atomic E-state index is 12.4. The van der Waals surface area contributed by atoms with E-state index in [-0.39, 0.29) is 11.7 Å². The predicted molar refractivity (Wildman–Crippen MR) is 110 cm³/mol. The minimum atomic E-state index is -0.559. The van der Waals surface area contributed by atoms with E-state index in [0.717, 1.165) is 5.56 Å². The van der Waals surface area contributed by atoms with Gasteiger partial charge in [0.1, 0.15) is 5.75 Å². The number of carbonyl (C=O) groups excluding carboxylic acids is 2. The quantitative estimate of drug-likeness (QED) is 0.397. The van der Waals surface area contributed by atoms with Crippen LogP contribution in [-0.4, -0.2) is 26.6 Å². The normalized spacial score (nSPS) is 10.4. The van der Waals surface area contributed by atoms with Crippen LogP contribution in [0.4, 0.5) is 0 Å². The van der Waals surface area contributed by atoms with Gasteiger partial charge >= 0.3 is 5.97 Å². The number of hydrogen-bond acceptors (Lipinski definition) is 5. The zero-order valence-corrected chi connectivity index (χ0v) is 15.9. The summed E-state index contributed by atoms with van der Waals surface area (Å²) >= 11 is 0. The molecular weight excluding hydrogens is 380 g/mol. The van der Waals surface area contributed by atoms with E-state index >= 15 is 0 Å². The monoisotopic (exact) mass is 398 g/mol. The smallest absolute Gasteiger partial charge is 0.345 e. The SMILES string of the molecule is O=C(NCc1ccccc1)c1cccc(OC(=O)c2ccc(-n3cccn3)nc2)c1. The number of carbonyl (C=O) groups is 2. The van der Waals surface area contributed by atoms with Crippen LogP contribution in [0, 0.1) is 0 Å². The second-order valence-corrected chi connectivity index (χ2v) is 6.44. The summed E-state index contributed by atoms with van der Waals surface area (Å²) in [5, 5.41) is 6.94. The van der Waals surface area contributed by atoms with Crippen molar-refractivity contribution in [3.8, 4) is 11.6 Å². The van der Waals surface area contributed by atoms with E-state index in [4.69, 9.17) is 4.74 Å². The molecule has 2 aromatic heterocycles. The van der Waals surface area contributed by atoms with E-state index in [1.807, 2.05) is 30.3 Å². The Labute approximate surface area is 173 Å². The average Bonchev–Trinajstić information content (AvgIpc) is 3.33. The fourth-order valence-electron chi connectivity index (χ4n) is 2.79. The number of rotatable bonds is 6. The van der Waals surface area contributed by atoms with Gasteiger partial charge in [-0.05, 0) is 42.0 Å². The van der Waals surface area contributed by atoms with E-state index in [2.05, 4.69) is 15.4 Å². The van der Waals surface area contributed by atoms with Gasteiger partial charge in [-0.3, -0.25) is 4.79 Å². The first-order chi connectivity index (χ1) is 14.7. The van der Waals surface area contributed by atoms with Crippen molar-refractivity contribution in [3.63, 3.8) is 0 Å². The molecule has 1 amide bonds. The summed E-state index contributed by atoms with van der Waals surface area (Å²) in [5.74, 6) is 0.0653. The standard InChI is InChI=1S/C23H18N4O3/c28-22(25-15-17-6-2-1-3-7-17)18-8-4-9-20(14-18)30-23(29)19-10-11-21(24-16-19)27-13-5-12-26-27/h1-14,16H,15H2,(H,25,28). The first-order valence-electron chi connectivity index (χ1n) is 9.29. The topological polar surface area (TPSA) is 86.1 Å². The highest BCUT2D eigenvalue weighted by Gasteiger charge is 2.12. The molecule has 30 heavy (non-hydrogen) atoms. The Kier molecular flexibility index (Phi) is 5.61. The van der Waals surface area contributed by atoms with Crippen LogP contribution in [0.3, 0.4) is 0 Å². The maximum atomic E-state index is 12.4. The second kappa shape index (κ2) is 8.83. The van der Waals surface area contributed by atoms with Crippen molar-refractivity contribution in [2.75, 3.05) is 0 Å². The lowest BCUT2D eigenvalue weighted by molar-refractivity contribution is 0.0733. The zero-order valence-electron chi connectivity index (χ0n) is 15.9. The molecule has 0 fully saturated rings. The molecule has 0 saturated heterocycles. The second-order valence-electron chi connectivity index (χ2n) is 6.44. The molecule has 0 radical (unpaired) electrons. The first kappa shape index (κ1) is 19.1. The highest BCUT2D eigenvalue weighted by atomic mass is 16.5. The lowest BCUT2D eigenvalue weighted by Crippen LogP contribution is -2.22. The van der Waals surface area contributed by atoms with E-state index in [1.54, 1.807) is 53.5 Å². The van der Waals surface area contributed by atoms with Gasteiger partial charge in [0, 0.05) is 30.7 Å². The molecule has 7 heteroatoms. The van der Waals surface area contributed by atoms with Crippen molar-refractivity contribution in [1.29, 1.82) is 0 Å². The zero-order chi connectivity index (χ0) is 20.8. The molecule has 1 N–H and O–H groups in total. The van der Waals surface area contributed by atoms with E-state index < -0.39 is 5.97 Å². The highest BCUT2D eigenvalue weighted by Crippen LogP contribution is 2.16. The molecule has 4 rings (SSSR count). The number of esters is 1. The van der Waals surface area contributed by atoms with Crippen molar-refractivity contribution in [3.05, 3.63) is 108 Å². The van der Waals surface area contributed by atoms with E-state index in [1.165, 1.54) is 12.3 Å². The summed E-state index contributed by atoms with van der Waals surface area (Å²) in [6, 6.07) is 21.2. The number of nitrogens with one attached hydrogen (secondary N) is 1. The molecule has 4 aromatic rings. The molecule has 2 heterocycles. The third kappa shape index (κ3) is 4.59. The summed E-state index contributed by atoms with van der Waals surface area (Å²) in [5.41, 5.74) is 1.70. The summed E-state index contributed by atoms with van der Waals surface area (Å²) in [7, 11) is 0. The number of pyridine rings is 1. The number of hydrogen-bond donors (Lipinski definition) is 1. The molecule has 0 spiro atoms. The maximum Gasteiger partial charge on any atom is 0.345 e. The number of amides is 1. The molecule has 148 valence electrons. The number of benzene rings is 2. The third-order valence-corrected chi connectivity index (χ3v) is 4.33. The van der Waals surface area contributed by atoms with Crippen LogP contribution in [0.1, 0.15) is 26.3 Å².